The van der Waals surface area contributed by atoms with Crippen LogP contribution in [-0.2, 0) is 16.1 Å². The fraction of sp³-hybridized carbons (Fsp3) is 0.211. The molecule has 0 aliphatic carbocycles. The number of hydrogen-bond donors (Lipinski definition) is 2. The largest absolute Gasteiger partial charge is 0.459 e. The van der Waals surface area contributed by atoms with E-state index in [-0.39, 0.29) is 18.8 Å². The first-order valence-corrected chi connectivity index (χ1v) is 9.00. The number of aryl methyl sites for hydroxylation is 1. The van der Waals surface area contributed by atoms with E-state index in [4.69, 9.17) is 4.74 Å². The average molecular weight is 433 g/mol. The van der Waals surface area contributed by atoms with Crippen molar-refractivity contribution in [2.45, 2.75) is 13.5 Å². The van der Waals surface area contributed by atoms with Gasteiger partial charge >= 0.3 is 11.7 Å². The normalized spacial score (nSPS) is 10.7. The number of aromatic nitrogens is 4. The Labute approximate surface area is 173 Å². The maximum atomic E-state index is 13.2. The minimum atomic E-state index is -1.20. The van der Waals surface area contributed by atoms with Crippen LogP contribution in [-0.4, -0.2) is 44.4 Å². The number of carbonyl (C=O) groups excluding carboxylic acids is 2. The summed E-state index contributed by atoms with van der Waals surface area (Å²) in [4.78, 5) is 48.5. The molecule has 1 amide bonds. The summed E-state index contributed by atoms with van der Waals surface area (Å²) >= 11 is 0. The van der Waals surface area contributed by atoms with Crippen molar-refractivity contribution >= 4 is 11.9 Å². The molecule has 31 heavy (non-hydrogen) atoms. The number of benzene rings is 1. The Hall–Kier alpha value is -4.09. The van der Waals surface area contributed by atoms with Crippen LogP contribution in [0.25, 0.3) is 5.69 Å². The second-order valence-electron chi connectivity index (χ2n) is 6.41. The molecule has 1 aromatic carbocycles. The maximum Gasteiger partial charge on any atom is 0.357 e. The fourth-order valence-electron chi connectivity index (χ4n) is 2.64. The van der Waals surface area contributed by atoms with Crippen LogP contribution >= 0.6 is 0 Å². The van der Waals surface area contributed by atoms with Crippen LogP contribution in [0.5, 0.6) is 0 Å². The highest BCUT2D eigenvalue weighted by molar-refractivity contribution is 5.88. The van der Waals surface area contributed by atoms with Crippen molar-refractivity contribution in [2.24, 2.45) is 0 Å². The molecule has 3 aromatic rings. The highest BCUT2D eigenvalue weighted by atomic mass is 19.1. The van der Waals surface area contributed by atoms with Gasteiger partial charge in [0.25, 0.3) is 5.56 Å². The number of nitrogens with zero attached hydrogens (tertiary/aromatic N) is 3. The standard InChI is InChI=1S/C19H17F2N5O5/c1-11-8-15(26(24-11)13-4-2-12(20)3-5-13)18(29)31-7-6-22-16(27)10-25-9-14(21)17(28)23-19(25)30/h2-5,8-9H,6-7,10H2,1H3,(H,22,27)(H,23,28,30). The number of rotatable bonds is 7. The molecule has 2 aromatic heterocycles. The topological polar surface area (TPSA) is 128 Å². The summed E-state index contributed by atoms with van der Waals surface area (Å²) in [5, 5.41) is 6.59. The van der Waals surface area contributed by atoms with E-state index in [1.165, 1.54) is 35.0 Å². The summed E-state index contributed by atoms with van der Waals surface area (Å²) in [6.07, 6.45) is 0.625. The first-order valence-electron chi connectivity index (χ1n) is 9.00. The summed E-state index contributed by atoms with van der Waals surface area (Å²) in [7, 11) is 0. The Morgan fingerprint density at radius 1 is 1.19 bits per heavy atom. The molecular weight excluding hydrogens is 416 g/mol. The number of hydrogen-bond acceptors (Lipinski definition) is 6. The van der Waals surface area contributed by atoms with Gasteiger partial charge in [0.05, 0.1) is 24.1 Å². The highest BCUT2D eigenvalue weighted by Gasteiger charge is 2.17. The van der Waals surface area contributed by atoms with Gasteiger partial charge in [0.2, 0.25) is 11.7 Å². The third kappa shape index (κ3) is 5.29. The first-order chi connectivity index (χ1) is 14.7. The molecular formula is C19H17F2N5O5. The van der Waals surface area contributed by atoms with Gasteiger partial charge in [0.15, 0.2) is 5.69 Å². The number of carbonyl (C=O) groups is 2. The third-order valence-corrected chi connectivity index (χ3v) is 4.05. The minimum Gasteiger partial charge on any atom is -0.459 e. The van der Waals surface area contributed by atoms with Crippen LogP contribution in [0.1, 0.15) is 16.2 Å². The summed E-state index contributed by atoms with van der Waals surface area (Å²) in [6, 6.07) is 6.88. The number of esters is 1. The highest BCUT2D eigenvalue weighted by Crippen LogP contribution is 2.14. The van der Waals surface area contributed by atoms with Crippen LogP contribution in [0, 0.1) is 18.6 Å². The molecule has 0 atom stereocenters. The zero-order chi connectivity index (χ0) is 22.5. The van der Waals surface area contributed by atoms with Gasteiger partial charge in [-0.1, -0.05) is 0 Å². The van der Waals surface area contributed by atoms with Gasteiger partial charge in [0, 0.05) is 0 Å². The molecule has 0 saturated heterocycles. The van der Waals surface area contributed by atoms with Crippen molar-refractivity contribution in [1.29, 1.82) is 0 Å². The first kappa shape index (κ1) is 21.6. The molecule has 0 fully saturated rings. The van der Waals surface area contributed by atoms with E-state index in [9.17, 15) is 28.0 Å². The van der Waals surface area contributed by atoms with Gasteiger partial charge in [0.1, 0.15) is 19.0 Å². The lowest BCUT2D eigenvalue weighted by molar-refractivity contribution is -0.121. The minimum absolute atomic E-state index is 0.0746. The summed E-state index contributed by atoms with van der Waals surface area (Å²) in [5.74, 6) is -3.00. The van der Waals surface area contributed by atoms with Crippen molar-refractivity contribution in [1.82, 2.24) is 24.6 Å². The third-order valence-electron chi connectivity index (χ3n) is 4.05. The second kappa shape index (κ2) is 9.15. The molecule has 0 aliphatic heterocycles. The van der Waals surface area contributed by atoms with Gasteiger partial charge in [-0.25, -0.2) is 18.7 Å². The molecule has 0 unspecified atom stereocenters. The zero-order valence-electron chi connectivity index (χ0n) is 16.2. The van der Waals surface area contributed by atoms with Gasteiger partial charge in [-0.15, -0.1) is 0 Å². The molecule has 12 heteroatoms. The number of nitrogens with one attached hydrogen (secondary N) is 2. The monoisotopic (exact) mass is 433 g/mol. The van der Waals surface area contributed by atoms with Crippen molar-refractivity contribution in [3.8, 4) is 5.69 Å². The van der Waals surface area contributed by atoms with Gasteiger partial charge in [-0.2, -0.15) is 9.49 Å². The summed E-state index contributed by atoms with van der Waals surface area (Å²) < 4.78 is 33.5. The molecule has 2 N–H and O–H groups in total. The molecule has 2 heterocycles. The molecule has 0 saturated carbocycles. The van der Waals surface area contributed by atoms with E-state index in [0.29, 0.717) is 22.1 Å². The van der Waals surface area contributed by atoms with E-state index in [1.54, 1.807) is 11.9 Å². The van der Waals surface area contributed by atoms with Crippen LogP contribution in [0.4, 0.5) is 8.78 Å². The lowest BCUT2D eigenvalue weighted by atomic mass is 10.3. The Morgan fingerprint density at radius 2 is 1.90 bits per heavy atom. The molecule has 3 rings (SSSR count). The van der Waals surface area contributed by atoms with Gasteiger partial charge in [-0.05, 0) is 37.3 Å². The number of aromatic amines is 1. The number of halogens is 2. The number of ether oxygens (including phenoxy) is 1. The van der Waals surface area contributed by atoms with E-state index in [2.05, 4.69) is 10.4 Å². The lowest BCUT2D eigenvalue weighted by Crippen LogP contribution is -2.37. The van der Waals surface area contributed by atoms with Gasteiger partial charge in [-0.3, -0.25) is 19.1 Å². The fourth-order valence-corrected chi connectivity index (χ4v) is 2.64. The van der Waals surface area contributed by atoms with Crippen LogP contribution in [0.15, 0.2) is 46.1 Å². The Kier molecular flexibility index (Phi) is 6.38. The van der Waals surface area contributed by atoms with Crippen LogP contribution in [0.3, 0.4) is 0 Å². The molecule has 0 spiro atoms. The Balaban J connectivity index is 1.55. The second-order valence-corrected chi connectivity index (χ2v) is 6.41. The van der Waals surface area contributed by atoms with E-state index in [0.717, 1.165) is 0 Å². The van der Waals surface area contributed by atoms with Crippen LogP contribution < -0.4 is 16.6 Å². The predicted octanol–water partition coefficient (Wildman–Crippen LogP) is 0.282. The zero-order valence-corrected chi connectivity index (χ0v) is 16.2. The molecule has 162 valence electrons. The van der Waals surface area contributed by atoms with Crippen molar-refractivity contribution in [2.75, 3.05) is 13.2 Å². The SMILES string of the molecule is Cc1cc(C(=O)OCCNC(=O)Cn2cc(F)c(=O)[nH]c2=O)n(-c2ccc(F)cc2)n1. The number of H-pyrrole nitrogens is 1. The van der Waals surface area contributed by atoms with Crippen molar-refractivity contribution in [3.63, 3.8) is 0 Å². The van der Waals surface area contributed by atoms with E-state index < -0.39 is 41.3 Å². The van der Waals surface area contributed by atoms with E-state index >= 15 is 0 Å². The van der Waals surface area contributed by atoms with Crippen LogP contribution in [0.2, 0.25) is 0 Å². The quantitative estimate of drug-likeness (QED) is 0.407. The predicted molar refractivity (Wildman–Crippen MR) is 103 cm³/mol. The molecule has 10 nitrogen and oxygen atoms in total. The van der Waals surface area contributed by atoms with Crippen molar-refractivity contribution in [3.05, 3.63) is 80.4 Å². The molecule has 0 aliphatic rings. The van der Waals surface area contributed by atoms with Crippen molar-refractivity contribution < 1.29 is 23.1 Å². The average Bonchev–Trinajstić information content (AvgIpc) is 3.11. The van der Waals surface area contributed by atoms with Gasteiger partial charge < -0.3 is 10.1 Å². The summed E-state index contributed by atoms with van der Waals surface area (Å²) in [5.41, 5.74) is -0.983. The summed E-state index contributed by atoms with van der Waals surface area (Å²) in [6.45, 7) is 0.886. The lowest BCUT2D eigenvalue weighted by Gasteiger charge is -2.09. The Bertz CT molecular complexity index is 1230. The Morgan fingerprint density at radius 3 is 2.61 bits per heavy atom. The maximum absolute atomic E-state index is 13.2. The molecule has 0 radical (unpaired) electrons. The number of amides is 1. The molecule has 0 bridgehead atoms. The van der Waals surface area contributed by atoms with E-state index in [1.807, 2.05) is 0 Å². The smallest absolute Gasteiger partial charge is 0.357 e.